The summed E-state index contributed by atoms with van der Waals surface area (Å²) in [6.07, 6.45) is 6.13. The van der Waals surface area contributed by atoms with Gasteiger partial charge in [-0.1, -0.05) is 103 Å². The fourth-order valence-electron chi connectivity index (χ4n) is 8.05. The summed E-state index contributed by atoms with van der Waals surface area (Å²) in [4.78, 5) is 61.1. The number of hydrogen-bond donors (Lipinski definition) is 4. The number of nitrogens with zero attached hydrogens (tertiary/aromatic N) is 4. The molecule has 0 unspecified atom stereocenters. The van der Waals surface area contributed by atoms with Gasteiger partial charge in [-0.15, -0.1) is 0 Å². The van der Waals surface area contributed by atoms with Crippen LogP contribution in [0.2, 0.25) is 0 Å². The van der Waals surface area contributed by atoms with Crippen molar-refractivity contribution in [2.75, 3.05) is 17.7 Å². The molecule has 2 aromatic heterocycles. The number of rotatable bonds is 12. The number of nitrogens with one attached hydrogen (secondary N) is 2. The number of nitriles is 2. The maximum absolute atomic E-state index is 13.0. The van der Waals surface area contributed by atoms with Gasteiger partial charge in [-0.25, -0.2) is 0 Å². The van der Waals surface area contributed by atoms with Gasteiger partial charge in [0.15, 0.2) is 5.78 Å². The van der Waals surface area contributed by atoms with Crippen LogP contribution in [0.25, 0.3) is 56.2 Å². The zero-order valence-corrected chi connectivity index (χ0v) is 36.1. The number of ketones is 1. The fourth-order valence-corrected chi connectivity index (χ4v) is 8.05. The molecule has 0 spiro atoms. The standard InChI is InChI=1S/C27H17N3O4.C27H21N3O4/c28-13-16(11-17-14-30(15-25(31)32)24-8-4-3-5-19(17)24)27(34)29-18-9-10-21-20-6-1-2-7-22(20)26(33)23(21)12-18;1-34-25-12-11-19(18-7-3-2-4-8-18)14-23(25)29-27(33)20(15-28)13-21-16-30(17-26(31)32)24-10-6-5-9-22(21)24/h1-12,14H,15H2,(H,29,34)(H,31,32);2-14,16H,17H2,1H3,(H,29,33)(H,31,32)/b16-11+;20-13+. The second-order valence-electron chi connectivity index (χ2n) is 15.4. The molecule has 0 bridgehead atoms. The summed E-state index contributed by atoms with van der Waals surface area (Å²) in [7, 11) is 1.51. The van der Waals surface area contributed by atoms with Gasteiger partial charge in [0, 0.05) is 62.1 Å². The highest BCUT2D eigenvalue weighted by Gasteiger charge is 2.27. The second kappa shape index (κ2) is 19.5. The van der Waals surface area contributed by atoms with Crippen molar-refractivity contribution < 1.29 is 38.9 Å². The molecule has 0 saturated carbocycles. The van der Waals surface area contributed by atoms with Crippen LogP contribution in [0.1, 0.15) is 27.0 Å². The van der Waals surface area contributed by atoms with E-state index in [-0.39, 0.29) is 30.0 Å². The van der Waals surface area contributed by atoms with E-state index in [9.17, 15) is 44.7 Å². The van der Waals surface area contributed by atoms with Crippen LogP contribution < -0.4 is 15.4 Å². The van der Waals surface area contributed by atoms with Crippen molar-refractivity contribution in [1.29, 1.82) is 10.5 Å². The Labute approximate surface area is 388 Å². The SMILES string of the molecule is COc1ccc(-c2ccccc2)cc1NC(=O)/C(C#N)=C/c1cn(CC(=O)O)c2ccccc12.N#C/C(=C\c1cn(CC(=O)O)c2ccccc12)C(=O)Nc1ccc2c(c1)C(=O)c1ccccc1-2. The molecule has 0 saturated heterocycles. The van der Waals surface area contributed by atoms with E-state index in [4.69, 9.17) is 4.74 Å². The zero-order chi connectivity index (χ0) is 47.9. The minimum Gasteiger partial charge on any atom is -0.495 e. The molecule has 0 fully saturated rings. The molecule has 2 amide bonds. The first-order valence-corrected chi connectivity index (χ1v) is 20.9. The number of aliphatic carboxylic acids is 2. The van der Waals surface area contributed by atoms with Crippen molar-refractivity contribution >= 4 is 74.9 Å². The maximum Gasteiger partial charge on any atom is 0.323 e. The summed E-state index contributed by atoms with van der Waals surface area (Å²) >= 11 is 0. The Kier molecular flexibility index (Phi) is 12.9. The van der Waals surface area contributed by atoms with Crippen molar-refractivity contribution in [2.24, 2.45) is 0 Å². The van der Waals surface area contributed by atoms with Crippen molar-refractivity contribution in [3.63, 3.8) is 0 Å². The first kappa shape index (κ1) is 44.8. The second-order valence-corrected chi connectivity index (χ2v) is 15.4. The first-order chi connectivity index (χ1) is 33.0. The molecule has 0 radical (unpaired) electrons. The lowest BCUT2D eigenvalue weighted by atomic mass is 10.0. The average Bonchev–Trinajstić information content (AvgIpc) is 3.97. The normalized spacial score (nSPS) is 11.7. The van der Waals surface area contributed by atoms with E-state index < -0.39 is 23.8 Å². The number of ether oxygens (including phenoxy) is 1. The molecule has 0 atom stereocenters. The molecule has 1 aliphatic carbocycles. The van der Waals surface area contributed by atoms with Gasteiger partial charge in [0.25, 0.3) is 11.8 Å². The molecule has 9 rings (SSSR count). The molecule has 2 heterocycles. The van der Waals surface area contributed by atoms with Crippen LogP contribution in [0, 0.1) is 22.7 Å². The lowest BCUT2D eigenvalue weighted by Crippen LogP contribution is -2.14. The van der Waals surface area contributed by atoms with Crippen molar-refractivity contribution in [3.8, 4) is 40.1 Å². The summed E-state index contributed by atoms with van der Waals surface area (Å²) < 4.78 is 8.52. The van der Waals surface area contributed by atoms with Gasteiger partial charge < -0.3 is 34.7 Å². The molecule has 14 nitrogen and oxygen atoms in total. The lowest BCUT2D eigenvalue weighted by Gasteiger charge is -2.12. The van der Waals surface area contributed by atoms with Gasteiger partial charge in [0.2, 0.25) is 0 Å². The number of fused-ring (bicyclic) bond motifs is 5. The van der Waals surface area contributed by atoms with Crippen LogP contribution >= 0.6 is 0 Å². The molecule has 14 heteroatoms. The average molecular weight is 899 g/mol. The molecular weight excluding hydrogens is 861 g/mol. The molecule has 332 valence electrons. The summed E-state index contributed by atoms with van der Waals surface area (Å²) in [5, 5.41) is 44.7. The Morgan fingerprint density at radius 2 is 1.10 bits per heavy atom. The van der Waals surface area contributed by atoms with Gasteiger partial charge in [-0.2, -0.15) is 10.5 Å². The summed E-state index contributed by atoms with van der Waals surface area (Å²) in [5.74, 6) is -2.85. The third-order valence-corrected chi connectivity index (χ3v) is 11.1. The lowest BCUT2D eigenvalue weighted by molar-refractivity contribution is -0.138. The van der Waals surface area contributed by atoms with Crippen LogP contribution in [0.4, 0.5) is 11.4 Å². The number of benzene rings is 6. The van der Waals surface area contributed by atoms with E-state index in [1.807, 2.05) is 78.9 Å². The minimum absolute atomic E-state index is 0.107. The van der Waals surface area contributed by atoms with Crippen molar-refractivity contribution in [2.45, 2.75) is 13.1 Å². The number of anilines is 2. The quantitative estimate of drug-likeness (QED) is 0.0673. The number of carbonyl (C=O) groups is 5. The number of hydrogen-bond acceptors (Lipinski definition) is 8. The highest BCUT2D eigenvalue weighted by molar-refractivity contribution is 6.22. The van der Waals surface area contributed by atoms with Gasteiger partial charge in [-0.05, 0) is 70.8 Å². The number of amides is 2. The fraction of sp³-hybridized carbons (Fsp3) is 0.0556. The number of carboxylic acids is 2. The van der Waals surface area contributed by atoms with Gasteiger partial charge in [-0.3, -0.25) is 24.0 Å². The molecule has 1 aliphatic rings. The number of carboxylic acid groups (broad SMARTS) is 2. The number of carbonyl (C=O) groups excluding carboxylic acids is 3. The van der Waals surface area contributed by atoms with Crippen LogP contribution in [-0.2, 0) is 32.3 Å². The Balaban J connectivity index is 0.000000184. The van der Waals surface area contributed by atoms with Gasteiger partial charge in [0.05, 0.1) is 12.8 Å². The molecule has 4 N–H and O–H groups in total. The predicted octanol–water partition coefficient (Wildman–Crippen LogP) is 9.43. The van der Waals surface area contributed by atoms with Crippen molar-refractivity contribution in [3.05, 3.63) is 185 Å². The molecular formula is C54H38N6O8. The highest BCUT2D eigenvalue weighted by atomic mass is 16.5. The Bertz CT molecular complexity index is 3490. The van der Waals surface area contributed by atoms with E-state index in [0.29, 0.717) is 50.4 Å². The Morgan fingerprint density at radius 3 is 1.66 bits per heavy atom. The van der Waals surface area contributed by atoms with E-state index in [0.717, 1.165) is 33.0 Å². The van der Waals surface area contributed by atoms with E-state index in [1.54, 1.807) is 94.3 Å². The molecule has 6 aromatic carbocycles. The Hall–Kier alpha value is -9.79. The smallest absolute Gasteiger partial charge is 0.323 e. The van der Waals surface area contributed by atoms with E-state index in [2.05, 4.69) is 10.6 Å². The predicted molar refractivity (Wildman–Crippen MR) is 257 cm³/mol. The molecule has 8 aromatic rings. The van der Waals surface area contributed by atoms with Gasteiger partial charge in [0.1, 0.15) is 42.1 Å². The third kappa shape index (κ3) is 9.37. The third-order valence-electron chi connectivity index (χ3n) is 11.1. The van der Waals surface area contributed by atoms with Crippen LogP contribution in [0.15, 0.2) is 163 Å². The number of methoxy groups -OCH3 is 1. The largest absolute Gasteiger partial charge is 0.495 e. The summed E-state index contributed by atoms with van der Waals surface area (Å²) in [5.41, 5.74) is 7.74. The summed E-state index contributed by atoms with van der Waals surface area (Å²) in [6, 6.07) is 45.8. The van der Waals surface area contributed by atoms with E-state index in [1.165, 1.54) is 19.3 Å². The first-order valence-electron chi connectivity index (χ1n) is 20.9. The van der Waals surface area contributed by atoms with Crippen LogP contribution in [0.3, 0.4) is 0 Å². The maximum atomic E-state index is 13.0. The highest BCUT2D eigenvalue weighted by Crippen LogP contribution is 2.38. The monoisotopic (exact) mass is 898 g/mol. The number of aromatic nitrogens is 2. The van der Waals surface area contributed by atoms with E-state index >= 15 is 0 Å². The van der Waals surface area contributed by atoms with Gasteiger partial charge >= 0.3 is 11.9 Å². The minimum atomic E-state index is -0.997. The topological polar surface area (TPSA) is 217 Å². The molecule has 0 aliphatic heterocycles. The summed E-state index contributed by atoms with van der Waals surface area (Å²) in [6.45, 7) is -0.472. The van der Waals surface area contributed by atoms with Crippen LogP contribution in [0.5, 0.6) is 5.75 Å². The van der Waals surface area contributed by atoms with Crippen LogP contribution in [-0.4, -0.2) is 56.0 Å². The van der Waals surface area contributed by atoms with Crippen molar-refractivity contribution in [1.82, 2.24) is 9.13 Å². The molecule has 68 heavy (non-hydrogen) atoms. The Morgan fingerprint density at radius 1 is 0.588 bits per heavy atom. The zero-order valence-electron chi connectivity index (χ0n) is 36.1. The number of para-hydroxylation sites is 2.